The highest BCUT2D eigenvalue weighted by atomic mass is 15.3. The van der Waals surface area contributed by atoms with Crippen LogP contribution < -0.4 is 5.32 Å². The number of piperazine rings is 1. The summed E-state index contributed by atoms with van der Waals surface area (Å²) in [6.07, 6.45) is 5.48. The number of rotatable bonds is 3. The van der Waals surface area contributed by atoms with Crippen molar-refractivity contribution >= 4 is 0 Å². The third-order valence-electron chi connectivity index (χ3n) is 5.27. The van der Waals surface area contributed by atoms with Crippen LogP contribution in [0, 0.1) is 5.92 Å². The van der Waals surface area contributed by atoms with Gasteiger partial charge in [0.2, 0.25) is 0 Å². The van der Waals surface area contributed by atoms with Crippen LogP contribution in [0.15, 0.2) is 30.3 Å². The van der Waals surface area contributed by atoms with Gasteiger partial charge in [-0.2, -0.15) is 0 Å². The van der Waals surface area contributed by atoms with Crippen molar-refractivity contribution in [3.63, 3.8) is 0 Å². The van der Waals surface area contributed by atoms with Crippen LogP contribution in [0.2, 0.25) is 0 Å². The summed E-state index contributed by atoms with van der Waals surface area (Å²) in [4.78, 5) is 2.82. The Kier molecular flexibility index (Phi) is 4.42. The molecule has 2 heteroatoms. The Hall–Kier alpha value is -0.860. The molecule has 0 amide bonds. The molecule has 0 radical (unpaired) electrons. The first-order valence-corrected chi connectivity index (χ1v) is 8.32. The molecule has 0 bridgehead atoms. The lowest BCUT2D eigenvalue weighted by molar-refractivity contribution is 0.0793. The molecule has 1 aliphatic heterocycles. The average molecular weight is 272 g/mol. The monoisotopic (exact) mass is 272 g/mol. The first-order valence-electron chi connectivity index (χ1n) is 8.32. The summed E-state index contributed by atoms with van der Waals surface area (Å²) in [5, 5.41) is 3.76. The summed E-state index contributed by atoms with van der Waals surface area (Å²) in [6, 6.07) is 13.0. The van der Waals surface area contributed by atoms with E-state index in [1.807, 2.05) is 0 Å². The van der Waals surface area contributed by atoms with Gasteiger partial charge >= 0.3 is 0 Å². The number of nitrogens with zero attached hydrogens (tertiary/aromatic N) is 1. The van der Waals surface area contributed by atoms with E-state index in [0.29, 0.717) is 6.04 Å². The predicted octanol–water partition coefficient (Wildman–Crippen LogP) is 3.60. The quantitative estimate of drug-likeness (QED) is 0.904. The van der Waals surface area contributed by atoms with Crippen LogP contribution in [0.4, 0.5) is 0 Å². The van der Waals surface area contributed by atoms with Gasteiger partial charge in [0, 0.05) is 31.2 Å². The average Bonchev–Trinajstić information content (AvgIpc) is 2.94. The minimum Gasteiger partial charge on any atom is -0.307 e. The Balaban J connectivity index is 1.72. The minimum absolute atomic E-state index is 0.509. The summed E-state index contributed by atoms with van der Waals surface area (Å²) in [5.74, 6) is 0.919. The number of hydrogen-bond acceptors (Lipinski definition) is 2. The standard InChI is InChI=1S/C18H28N2/c1-3-16-12-19-18(15-7-5-4-6-8-15)13-20(16)17-10-9-14(2)11-17/h4-8,14,16-19H,3,9-13H2,1-2H3. The van der Waals surface area contributed by atoms with E-state index < -0.39 is 0 Å². The summed E-state index contributed by atoms with van der Waals surface area (Å²) in [6.45, 7) is 7.07. The molecule has 1 saturated heterocycles. The molecule has 20 heavy (non-hydrogen) atoms. The van der Waals surface area contributed by atoms with Gasteiger partial charge < -0.3 is 5.32 Å². The van der Waals surface area contributed by atoms with Crippen LogP contribution in [0.25, 0.3) is 0 Å². The summed E-state index contributed by atoms with van der Waals surface area (Å²) in [7, 11) is 0. The molecule has 1 aromatic rings. The van der Waals surface area contributed by atoms with Crippen molar-refractivity contribution in [2.24, 2.45) is 5.92 Å². The van der Waals surface area contributed by atoms with Crippen molar-refractivity contribution in [1.29, 1.82) is 0 Å². The molecule has 3 rings (SSSR count). The molecule has 1 saturated carbocycles. The molecular formula is C18H28N2. The molecule has 2 aliphatic rings. The van der Waals surface area contributed by atoms with Gasteiger partial charge in [0.1, 0.15) is 0 Å². The van der Waals surface area contributed by atoms with E-state index in [1.54, 1.807) is 0 Å². The van der Waals surface area contributed by atoms with E-state index in [-0.39, 0.29) is 0 Å². The summed E-state index contributed by atoms with van der Waals surface area (Å²) in [5.41, 5.74) is 1.44. The Morgan fingerprint density at radius 1 is 1.20 bits per heavy atom. The van der Waals surface area contributed by atoms with Crippen molar-refractivity contribution in [3.8, 4) is 0 Å². The second-order valence-corrected chi connectivity index (χ2v) is 6.70. The maximum Gasteiger partial charge on any atom is 0.0450 e. The molecule has 0 spiro atoms. The largest absolute Gasteiger partial charge is 0.307 e. The molecule has 0 aromatic heterocycles. The van der Waals surface area contributed by atoms with Crippen LogP contribution in [0.3, 0.4) is 0 Å². The van der Waals surface area contributed by atoms with Crippen LogP contribution in [-0.4, -0.2) is 30.1 Å². The Bertz CT molecular complexity index is 417. The second kappa shape index (κ2) is 6.28. The number of benzene rings is 1. The molecule has 110 valence electrons. The van der Waals surface area contributed by atoms with Gasteiger partial charge in [-0.05, 0) is 37.2 Å². The predicted molar refractivity (Wildman–Crippen MR) is 84.8 cm³/mol. The smallest absolute Gasteiger partial charge is 0.0450 e. The van der Waals surface area contributed by atoms with E-state index in [4.69, 9.17) is 0 Å². The van der Waals surface area contributed by atoms with Gasteiger partial charge in [0.15, 0.2) is 0 Å². The lowest BCUT2D eigenvalue weighted by Crippen LogP contribution is -2.55. The molecule has 2 fully saturated rings. The second-order valence-electron chi connectivity index (χ2n) is 6.70. The van der Waals surface area contributed by atoms with Crippen molar-refractivity contribution in [1.82, 2.24) is 10.2 Å². The van der Waals surface area contributed by atoms with Crippen LogP contribution in [0.5, 0.6) is 0 Å². The van der Waals surface area contributed by atoms with E-state index >= 15 is 0 Å². The van der Waals surface area contributed by atoms with Crippen molar-refractivity contribution in [2.75, 3.05) is 13.1 Å². The lowest BCUT2D eigenvalue weighted by Gasteiger charge is -2.44. The highest BCUT2D eigenvalue weighted by Crippen LogP contribution is 2.33. The van der Waals surface area contributed by atoms with E-state index in [1.165, 1.54) is 37.8 Å². The highest BCUT2D eigenvalue weighted by molar-refractivity contribution is 5.20. The molecule has 1 N–H and O–H groups in total. The van der Waals surface area contributed by atoms with Gasteiger partial charge in [-0.3, -0.25) is 4.90 Å². The number of hydrogen-bond donors (Lipinski definition) is 1. The molecule has 4 atom stereocenters. The van der Waals surface area contributed by atoms with E-state index in [0.717, 1.165) is 24.5 Å². The lowest BCUT2D eigenvalue weighted by atomic mass is 9.98. The summed E-state index contributed by atoms with van der Waals surface area (Å²) < 4.78 is 0. The van der Waals surface area contributed by atoms with Crippen LogP contribution in [-0.2, 0) is 0 Å². The maximum absolute atomic E-state index is 3.76. The van der Waals surface area contributed by atoms with Gasteiger partial charge in [0.25, 0.3) is 0 Å². The summed E-state index contributed by atoms with van der Waals surface area (Å²) >= 11 is 0. The van der Waals surface area contributed by atoms with Crippen molar-refractivity contribution < 1.29 is 0 Å². The van der Waals surface area contributed by atoms with Crippen LogP contribution >= 0.6 is 0 Å². The van der Waals surface area contributed by atoms with E-state index in [9.17, 15) is 0 Å². The molecular weight excluding hydrogens is 244 g/mol. The molecule has 2 nitrogen and oxygen atoms in total. The zero-order valence-electron chi connectivity index (χ0n) is 12.9. The molecule has 1 heterocycles. The first-order chi connectivity index (χ1) is 9.78. The highest BCUT2D eigenvalue weighted by Gasteiger charge is 2.35. The normalized spacial score (nSPS) is 35.3. The SMILES string of the molecule is CCC1CNC(c2ccccc2)CN1C1CCC(C)C1. The fourth-order valence-corrected chi connectivity index (χ4v) is 4.03. The van der Waals surface area contributed by atoms with Gasteiger partial charge in [0.05, 0.1) is 0 Å². The van der Waals surface area contributed by atoms with Crippen molar-refractivity contribution in [3.05, 3.63) is 35.9 Å². The molecule has 1 aliphatic carbocycles. The van der Waals surface area contributed by atoms with E-state index in [2.05, 4.69) is 54.4 Å². The third kappa shape index (κ3) is 2.91. The Morgan fingerprint density at radius 2 is 2.00 bits per heavy atom. The molecule has 4 unspecified atom stereocenters. The minimum atomic E-state index is 0.509. The fourth-order valence-electron chi connectivity index (χ4n) is 4.03. The van der Waals surface area contributed by atoms with Gasteiger partial charge in [-0.15, -0.1) is 0 Å². The zero-order chi connectivity index (χ0) is 13.9. The fraction of sp³-hybridized carbons (Fsp3) is 0.667. The Morgan fingerprint density at radius 3 is 2.65 bits per heavy atom. The van der Waals surface area contributed by atoms with Gasteiger partial charge in [-0.25, -0.2) is 0 Å². The third-order valence-corrected chi connectivity index (χ3v) is 5.27. The first kappa shape index (κ1) is 14.1. The number of nitrogens with one attached hydrogen (secondary N) is 1. The molecule has 1 aromatic carbocycles. The van der Waals surface area contributed by atoms with Crippen molar-refractivity contribution in [2.45, 2.75) is 57.7 Å². The van der Waals surface area contributed by atoms with Crippen LogP contribution in [0.1, 0.15) is 51.1 Å². The Labute approximate surface area is 123 Å². The topological polar surface area (TPSA) is 15.3 Å². The zero-order valence-corrected chi connectivity index (χ0v) is 12.9. The van der Waals surface area contributed by atoms with Gasteiger partial charge in [-0.1, -0.05) is 44.2 Å². The maximum atomic E-state index is 3.76.